The van der Waals surface area contributed by atoms with Crippen LogP contribution in [0.4, 0.5) is 5.13 Å². The Morgan fingerprint density at radius 1 is 1.38 bits per heavy atom. The van der Waals surface area contributed by atoms with Crippen LogP contribution in [-0.2, 0) is 16.4 Å². The fraction of sp³-hybridized carbons (Fsp3) is 0.412. The van der Waals surface area contributed by atoms with Crippen molar-refractivity contribution in [2.45, 2.75) is 31.1 Å². The van der Waals surface area contributed by atoms with Gasteiger partial charge in [-0.3, -0.25) is 9.78 Å². The van der Waals surface area contributed by atoms with Gasteiger partial charge in [-0.25, -0.2) is 17.7 Å². The number of pyridine rings is 1. The van der Waals surface area contributed by atoms with Crippen molar-refractivity contribution < 1.29 is 23.4 Å². The van der Waals surface area contributed by atoms with Crippen molar-refractivity contribution >= 4 is 32.4 Å². The Balaban J connectivity index is 2.20. The first-order valence-corrected chi connectivity index (χ1v) is 11.2. The molecule has 29 heavy (non-hydrogen) atoms. The molecule has 0 bridgehead atoms. The van der Waals surface area contributed by atoms with Gasteiger partial charge in [0.05, 0.1) is 30.9 Å². The van der Waals surface area contributed by atoms with Gasteiger partial charge in [-0.2, -0.15) is 5.26 Å². The normalized spacial score (nSPS) is 14.4. The van der Waals surface area contributed by atoms with Crippen molar-refractivity contribution in [3.05, 3.63) is 41.2 Å². The molecule has 0 saturated heterocycles. The van der Waals surface area contributed by atoms with Crippen LogP contribution in [0.3, 0.4) is 0 Å². The van der Waals surface area contributed by atoms with Gasteiger partial charge in [0, 0.05) is 24.8 Å². The van der Waals surface area contributed by atoms with Gasteiger partial charge in [-0.15, -0.1) is 11.3 Å². The van der Waals surface area contributed by atoms with Gasteiger partial charge in [-0.1, -0.05) is 0 Å². The van der Waals surface area contributed by atoms with Crippen LogP contribution in [0.25, 0.3) is 0 Å². The lowest BCUT2D eigenvalue weighted by Crippen LogP contribution is -2.49. The molecule has 10 nitrogen and oxygen atoms in total. The number of aromatic nitrogens is 2. The molecule has 0 fully saturated rings. The van der Waals surface area contributed by atoms with Gasteiger partial charge in [0.2, 0.25) is 10.0 Å². The van der Waals surface area contributed by atoms with E-state index in [1.807, 2.05) is 0 Å². The van der Waals surface area contributed by atoms with Gasteiger partial charge in [-0.05, 0) is 24.1 Å². The van der Waals surface area contributed by atoms with E-state index in [9.17, 15) is 23.4 Å². The smallest absolute Gasteiger partial charge is 0.271 e. The first kappa shape index (κ1) is 22.7. The highest BCUT2D eigenvalue weighted by Gasteiger charge is 2.29. The van der Waals surface area contributed by atoms with Crippen LogP contribution in [0, 0.1) is 11.3 Å². The number of hydrogen-bond acceptors (Lipinski definition) is 9. The van der Waals surface area contributed by atoms with E-state index in [2.05, 4.69) is 15.3 Å². The summed E-state index contributed by atoms with van der Waals surface area (Å²) in [5.74, 6) is -0.642. The highest BCUT2D eigenvalue weighted by molar-refractivity contribution is 7.92. The van der Waals surface area contributed by atoms with Crippen LogP contribution in [0.15, 0.2) is 29.9 Å². The zero-order valence-electron chi connectivity index (χ0n) is 15.8. The Kier molecular flexibility index (Phi) is 7.63. The molecule has 2 aromatic heterocycles. The lowest BCUT2D eigenvalue weighted by molar-refractivity contribution is -0.000380. The molecule has 2 aromatic rings. The van der Waals surface area contributed by atoms with Crippen LogP contribution in [-0.4, -0.2) is 66.1 Å². The number of carbonyl (C=O) groups is 1. The quantitative estimate of drug-likeness (QED) is 0.489. The van der Waals surface area contributed by atoms with Crippen LogP contribution in [0.5, 0.6) is 0 Å². The second kappa shape index (κ2) is 9.75. The molecule has 156 valence electrons. The van der Waals surface area contributed by atoms with E-state index >= 15 is 0 Å². The monoisotopic (exact) mass is 439 g/mol. The Hall–Kier alpha value is -2.59. The summed E-state index contributed by atoms with van der Waals surface area (Å²) in [5, 5.41) is 33.3. The molecule has 3 atom stereocenters. The highest BCUT2D eigenvalue weighted by atomic mass is 32.2. The topological polar surface area (TPSA) is 157 Å². The van der Waals surface area contributed by atoms with E-state index in [4.69, 9.17) is 5.26 Å². The molecule has 0 saturated carbocycles. The van der Waals surface area contributed by atoms with E-state index in [-0.39, 0.29) is 23.7 Å². The number of aliphatic hydroxyl groups is 2. The van der Waals surface area contributed by atoms with Crippen LogP contribution in [0.2, 0.25) is 0 Å². The van der Waals surface area contributed by atoms with E-state index in [1.165, 1.54) is 12.4 Å². The minimum atomic E-state index is -3.52. The molecule has 3 unspecified atom stereocenters. The predicted molar refractivity (Wildman–Crippen MR) is 107 cm³/mol. The first-order chi connectivity index (χ1) is 13.6. The average molecular weight is 440 g/mol. The summed E-state index contributed by atoms with van der Waals surface area (Å²) in [7, 11) is -2.20. The molecular weight excluding hydrogens is 418 g/mol. The summed E-state index contributed by atoms with van der Waals surface area (Å²) in [6, 6.07) is 4.26. The van der Waals surface area contributed by atoms with Crippen LogP contribution in [0.1, 0.15) is 22.5 Å². The molecule has 3 N–H and O–H groups in total. The Labute approximate surface area is 172 Å². The van der Waals surface area contributed by atoms with Crippen molar-refractivity contribution in [2.75, 3.05) is 17.6 Å². The highest BCUT2D eigenvalue weighted by Crippen LogP contribution is 2.21. The summed E-state index contributed by atoms with van der Waals surface area (Å²) in [4.78, 5) is 20.5. The van der Waals surface area contributed by atoms with Gasteiger partial charge in [0.25, 0.3) is 5.91 Å². The number of anilines is 1. The van der Waals surface area contributed by atoms with Gasteiger partial charge in [0.1, 0.15) is 11.8 Å². The third-order valence-corrected chi connectivity index (χ3v) is 6.32. The molecule has 12 heteroatoms. The lowest BCUT2D eigenvalue weighted by Gasteiger charge is -2.26. The fourth-order valence-corrected chi connectivity index (χ4v) is 3.95. The second-order valence-electron chi connectivity index (χ2n) is 6.31. The minimum absolute atomic E-state index is 0.0257. The number of sulfonamides is 1. The third-order valence-electron chi connectivity index (χ3n) is 4.12. The number of nitrogens with zero attached hydrogens (tertiary/aromatic N) is 4. The van der Waals surface area contributed by atoms with Gasteiger partial charge >= 0.3 is 0 Å². The molecule has 0 radical (unpaired) electrons. The number of hydrogen-bond donors (Lipinski definition) is 3. The third kappa shape index (κ3) is 6.20. The van der Waals surface area contributed by atoms with E-state index in [1.54, 1.807) is 30.6 Å². The molecule has 0 aliphatic heterocycles. The number of nitriles is 1. The number of thiazole rings is 1. The number of carbonyl (C=O) groups excluding carboxylic acids is 1. The van der Waals surface area contributed by atoms with E-state index in [0.29, 0.717) is 0 Å². The molecule has 0 spiro atoms. The summed E-state index contributed by atoms with van der Waals surface area (Å²) < 4.78 is 24.2. The molecule has 1 amide bonds. The molecule has 0 aromatic carbocycles. The summed E-state index contributed by atoms with van der Waals surface area (Å²) in [6.45, 7) is 0. The molecule has 2 rings (SSSR count). The van der Waals surface area contributed by atoms with Gasteiger partial charge < -0.3 is 15.5 Å². The standard InChI is InChI=1S/C17H21N5O5S2/c1-22(29(2,26)27)17-21-13(10-28-17)16(25)20-12(15(24)14(23)3-6-18)9-11-4-7-19-8-5-11/h4-5,7-8,10,12,14-15,23-24H,3,9H2,1-2H3,(H,20,25). The zero-order chi connectivity index (χ0) is 21.6. The maximum absolute atomic E-state index is 12.6. The van der Waals surface area contributed by atoms with Crippen LogP contribution < -0.4 is 9.62 Å². The lowest BCUT2D eigenvalue weighted by atomic mass is 9.97. The number of aliphatic hydroxyl groups excluding tert-OH is 2. The fourth-order valence-electron chi connectivity index (χ4n) is 2.41. The molecule has 0 aliphatic carbocycles. The van der Waals surface area contributed by atoms with Crippen molar-refractivity contribution in [3.63, 3.8) is 0 Å². The minimum Gasteiger partial charge on any atom is -0.389 e. The number of amides is 1. The summed E-state index contributed by atoms with van der Waals surface area (Å²) in [6.07, 6.45) is 1.26. The molecular formula is C17H21N5O5S2. The summed E-state index contributed by atoms with van der Waals surface area (Å²) >= 11 is 0.978. The number of nitrogens with one attached hydrogen (secondary N) is 1. The second-order valence-corrected chi connectivity index (χ2v) is 9.16. The summed E-state index contributed by atoms with van der Waals surface area (Å²) in [5.41, 5.74) is 0.728. The molecule has 2 heterocycles. The van der Waals surface area contributed by atoms with Gasteiger partial charge in [0.15, 0.2) is 5.13 Å². The SMILES string of the molecule is CN(c1nc(C(=O)NC(Cc2ccncc2)C(O)C(O)CC#N)cs1)S(C)(=O)=O. The largest absolute Gasteiger partial charge is 0.389 e. The Bertz CT molecular complexity index is 974. The van der Waals surface area contributed by atoms with E-state index in [0.717, 1.165) is 27.5 Å². The Morgan fingerprint density at radius 2 is 2.03 bits per heavy atom. The maximum atomic E-state index is 12.6. The zero-order valence-corrected chi connectivity index (χ0v) is 17.4. The first-order valence-electron chi connectivity index (χ1n) is 8.45. The maximum Gasteiger partial charge on any atom is 0.271 e. The molecule has 0 aliphatic rings. The van der Waals surface area contributed by atoms with E-state index < -0.39 is 34.2 Å². The van der Waals surface area contributed by atoms with Crippen LogP contribution >= 0.6 is 11.3 Å². The Morgan fingerprint density at radius 3 is 2.62 bits per heavy atom. The van der Waals surface area contributed by atoms with Crippen molar-refractivity contribution in [3.8, 4) is 6.07 Å². The van der Waals surface area contributed by atoms with Crippen molar-refractivity contribution in [1.29, 1.82) is 5.26 Å². The average Bonchev–Trinajstić information content (AvgIpc) is 3.16. The predicted octanol–water partition coefficient (Wildman–Crippen LogP) is -0.0895. The van der Waals surface area contributed by atoms with Crippen molar-refractivity contribution in [1.82, 2.24) is 15.3 Å². The number of rotatable bonds is 9. The van der Waals surface area contributed by atoms with Crippen molar-refractivity contribution in [2.24, 2.45) is 0 Å².